The van der Waals surface area contributed by atoms with Gasteiger partial charge >= 0.3 is 0 Å². The average molecular weight is 393 g/mol. The number of rotatable bonds is 5. The summed E-state index contributed by atoms with van der Waals surface area (Å²) in [5.74, 6) is -0.301. The van der Waals surface area contributed by atoms with E-state index in [1.165, 1.54) is 26.2 Å². The number of amides is 1. The molecule has 0 saturated carbocycles. The summed E-state index contributed by atoms with van der Waals surface area (Å²) >= 11 is 0. The number of carbonyl (C=O) groups excluding carboxylic acids is 1. The fourth-order valence-corrected chi connectivity index (χ4v) is 3.25. The van der Waals surface area contributed by atoms with Crippen molar-refractivity contribution in [1.82, 2.24) is 9.62 Å². The third-order valence-corrected chi connectivity index (χ3v) is 5.52. The van der Waals surface area contributed by atoms with E-state index in [1.807, 2.05) is 19.0 Å². The predicted molar refractivity (Wildman–Crippen MR) is 100 cm³/mol. The summed E-state index contributed by atoms with van der Waals surface area (Å²) in [4.78, 5) is 14.3. The highest BCUT2D eigenvalue weighted by molar-refractivity contribution is 7.89. The van der Waals surface area contributed by atoms with Gasteiger partial charge in [0.1, 0.15) is 6.10 Å². The van der Waals surface area contributed by atoms with Gasteiger partial charge in [0.2, 0.25) is 10.0 Å². The SMILES string of the molecule is CN(C)c1ccc(S(=O)(=O)N(C)C)cc1NC(=O)C1CNCCO1.Cl. The number of halogens is 1. The molecular weight excluding hydrogens is 368 g/mol. The molecule has 1 aromatic carbocycles. The van der Waals surface area contributed by atoms with Crippen molar-refractivity contribution in [3.8, 4) is 0 Å². The van der Waals surface area contributed by atoms with Crippen LogP contribution >= 0.6 is 12.4 Å². The Labute approximate surface area is 155 Å². The Morgan fingerprint density at radius 3 is 2.48 bits per heavy atom. The number of benzene rings is 1. The molecule has 1 aromatic rings. The molecule has 0 aliphatic carbocycles. The first-order valence-corrected chi connectivity index (χ1v) is 9.04. The predicted octanol–water partition coefficient (Wildman–Crippen LogP) is 0.352. The summed E-state index contributed by atoms with van der Waals surface area (Å²) in [6.07, 6.45) is -0.595. The molecule has 142 valence electrons. The molecule has 1 amide bonds. The van der Waals surface area contributed by atoms with Crippen molar-refractivity contribution < 1.29 is 17.9 Å². The third-order valence-electron chi connectivity index (χ3n) is 3.71. The molecule has 1 heterocycles. The molecule has 2 N–H and O–H groups in total. The lowest BCUT2D eigenvalue weighted by molar-refractivity contribution is -0.128. The minimum absolute atomic E-state index is 0. The van der Waals surface area contributed by atoms with Gasteiger partial charge in [0.05, 0.1) is 22.9 Å². The number of hydrogen-bond donors (Lipinski definition) is 2. The molecule has 8 nitrogen and oxygen atoms in total. The molecule has 1 aliphatic heterocycles. The van der Waals surface area contributed by atoms with Crippen LogP contribution in [0, 0.1) is 0 Å². The third kappa shape index (κ3) is 5.05. The molecule has 10 heteroatoms. The van der Waals surface area contributed by atoms with E-state index in [-0.39, 0.29) is 23.2 Å². The number of hydrogen-bond acceptors (Lipinski definition) is 6. The summed E-state index contributed by atoms with van der Waals surface area (Å²) < 4.78 is 31.2. The summed E-state index contributed by atoms with van der Waals surface area (Å²) in [6.45, 7) is 1.61. The summed E-state index contributed by atoms with van der Waals surface area (Å²) in [7, 11) is 3.00. The Balaban J connectivity index is 0.00000312. The van der Waals surface area contributed by atoms with Crippen LogP contribution < -0.4 is 15.5 Å². The van der Waals surface area contributed by atoms with E-state index >= 15 is 0 Å². The number of nitrogens with zero attached hydrogens (tertiary/aromatic N) is 2. The minimum atomic E-state index is -3.58. The molecule has 0 radical (unpaired) electrons. The lowest BCUT2D eigenvalue weighted by Crippen LogP contribution is -2.45. The standard InChI is InChI=1S/C15H24N4O4S.ClH/c1-18(2)13-6-5-11(24(21,22)19(3)4)9-12(13)17-15(20)14-10-16-7-8-23-14;/h5-6,9,14,16H,7-8,10H2,1-4H3,(H,17,20);1H. The van der Waals surface area contributed by atoms with Crippen LogP contribution in [0.4, 0.5) is 11.4 Å². The van der Waals surface area contributed by atoms with Crippen molar-refractivity contribution >= 4 is 39.7 Å². The molecule has 1 atom stereocenters. The fourth-order valence-electron chi connectivity index (χ4n) is 2.32. The second kappa shape index (κ2) is 8.81. The highest BCUT2D eigenvalue weighted by atomic mass is 35.5. The number of anilines is 2. The lowest BCUT2D eigenvalue weighted by atomic mass is 10.2. The Kier molecular flexibility index (Phi) is 7.63. The van der Waals surface area contributed by atoms with Crippen molar-refractivity contribution in [3.05, 3.63) is 18.2 Å². The molecule has 1 saturated heterocycles. The normalized spacial score (nSPS) is 17.7. The Morgan fingerprint density at radius 1 is 1.28 bits per heavy atom. The van der Waals surface area contributed by atoms with Gasteiger partial charge in [-0.05, 0) is 18.2 Å². The molecule has 25 heavy (non-hydrogen) atoms. The van der Waals surface area contributed by atoms with E-state index in [1.54, 1.807) is 6.07 Å². The Hall–Kier alpha value is -1.39. The highest BCUT2D eigenvalue weighted by Gasteiger charge is 2.24. The Morgan fingerprint density at radius 2 is 1.96 bits per heavy atom. The lowest BCUT2D eigenvalue weighted by Gasteiger charge is -2.25. The molecule has 0 spiro atoms. The first kappa shape index (κ1) is 21.7. The number of carbonyl (C=O) groups is 1. The van der Waals surface area contributed by atoms with Gasteiger partial charge < -0.3 is 20.3 Å². The maximum Gasteiger partial charge on any atom is 0.254 e. The van der Waals surface area contributed by atoms with Crippen LogP contribution in [-0.4, -0.2) is 72.6 Å². The van der Waals surface area contributed by atoms with Gasteiger partial charge in [0.25, 0.3) is 5.91 Å². The number of sulfonamides is 1. The summed E-state index contributed by atoms with van der Waals surface area (Å²) in [6, 6.07) is 4.67. The molecule has 1 unspecified atom stereocenters. The van der Waals surface area contributed by atoms with Gasteiger partial charge in [-0.15, -0.1) is 12.4 Å². The number of nitrogens with one attached hydrogen (secondary N) is 2. The van der Waals surface area contributed by atoms with Gasteiger partial charge in [-0.3, -0.25) is 4.79 Å². The summed E-state index contributed by atoms with van der Waals surface area (Å²) in [5.41, 5.74) is 1.15. The van der Waals surface area contributed by atoms with Gasteiger partial charge in [0.15, 0.2) is 0 Å². The molecular formula is C15H25ClN4O4S. The molecule has 1 aliphatic rings. The van der Waals surface area contributed by atoms with E-state index in [2.05, 4.69) is 10.6 Å². The summed E-state index contributed by atoms with van der Waals surface area (Å²) in [5, 5.41) is 5.88. The largest absolute Gasteiger partial charge is 0.376 e. The zero-order valence-electron chi connectivity index (χ0n) is 14.8. The smallest absolute Gasteiger partial charge is 0.254 e. The highest BCUT2D eigenvalue weighted by Crippen LogP contribution is 2.28. The maximum absolute atomic E-state index is 12.4. The second-order valence-electron chi connectivity index (χ2n) is 5.91. The van der Waals surface area contributed by atoms with Gasteiger partial charge in [0, 0.05) is 41.3 Å². The van der Waals surface area contributed by atoms with E-state index in [0.29, 0.717) is 31.1 Å². The van der Waals surface area contributed by atoms with E-state index < -0.39 is 16.1 Å². The van der Waals surface area contributed by atoms with Gasteiger partial charge in [-0.1, -0.05) is 0 Å². The number of morpholine rings is 1. The molecule has 2 rings (SSSR count). The van der Waals surface area contributed by atoms with E-state index in [0.717, 1.165) is 4.31 Å². The Bertz CT molecular complexity index is 703. The average Bonchev–Trinajstić information content (AvgIpc) is 2.55. The number of ether oxygens (including phenoxy) is 1. The van der Waals surface area contributed by atoms with Gasteiger partial charge in [-0.25, -0.2) is 12.7 Å². The van der Waals surface area contributed by atoms with Crippen LogP contribution in [0.2, 0.25) is 0 Å². The van der Waals surface area contributed by atoms with E-state index in [9.17, 15) is 13.2 Å². The van der Waals surface area contributed by atoms with Crippen LogP contribution in [0.15, 0.2) is 23.1 Å². The van der Waals surface area contributed by atoms with Crippen LogP contribution in [0.25, 0.3) is 0 Å². The maximum atomic E-state index is 12.4. The molecule has 0 aromatic heterocycles. The van der Waals surface area contributed by atoms with Crippen LogP contribution in [0.3, 0.4) is 0 Å². The molecule has 1 fully saturated rings. The fraction of sp³-hybridized carbons (Fsp3) is 0.533. The van der Waals surface area contributed by atoms with Gasteiger partial charge in [-0.2, -0.15) is 0 Å². The second-order valence-corrected chi connectivity index (χ2v) is 8.07. The first-order chi connectivity index (χ1) is 11.2. The van der Waals surface area contributed by atoms with Crippen molar-refractivity contribution in [2.24, 2.45) is 0 Å². The monoisotopic (exact) mass is 392 g/mol. The quantitative estimate of drug-likeness (QED) is 0.751. The van der Waals surface area contributed by atoms with Crippen LogP contribution in [-0.2, 0) is 19.6 Å². The van der Waals surface area contributed by atoms with Crippen molar-refractivity contribution in [2.45, 2.75) is 11.0 Å². The van der Waals surface area contributed by atoms with Crippen LogP contribution in [0.5, 0.6) is 0 Å². The van der Waals surface area contributed by atoms with Crippen LogP contribution in [0.1, 0.15) is 0 Å². The van der Waals surface area contributed by atoms with Crippen molar-refractivity contribution in [1.29, 1.82) is 0 Å². The van der Waals surface area contributed by atoms with Crippen molar-refractivity contribution in [3.63, 3.8) is 0 Å². The first-order valence-electron chi connectivity index (χ1n) is 7.60. The van der Waals surface area contributed by atoms with Crippen molar-refractivity contribution in [2.75, 3.05) is 58.1 Å². The zero-order chi connectivity index (χ0) is 17.9. The zero-order valence-corrected chi connectivity index (χ0v) is 16.4. The molecule has 0 bridgehead atoms. The minimum Gasteiger partial charge on any atom is -0.376 e. The topological polar surface area (TPSA) is 91.0 Å². The van der Waals surface area contributed by atoms with E-state index in [4.69, 9.17) is 4.74 Å².